The summed E-state index contributed by atoms with van der Waals surface area (Å²) in [6.07, 6.45) is 1.66. The van der Waals surface area contributed by atoms with Gasteiger partial charge in [-0.3, -0.25) is 0 Å². The van der Waals surface area contributed by atoms with Crippen LogP contribution < -0.4 is 10.2 Å². The lowest BCUT2D eigenvalue weighted by Crippen LogP contribution is -2.04. The highest BCUT2D eigenvalue weighted by Crippen LogP contribution is 2.10. The Balaban J connectivity index is 2.72. The van der Waals surface area contributed by atoms with E-state index in [-0.39, 0.29) is 0 Å². The Morgan fingerprint density at radius 2 is 2.23 bits per heavy atom. The van der Waals surface area contributed by atoms with Gasteiger partial charge in [0.25, 0.3) is 0 Å². The SMILES string of the molecule is [B]c1cccc2nc(OC)ncc12. The van der Waals surface area contributed by atoms with Crippen LogP contribution in [0, 0.1) is 0 Å². The zero-order valence-corrected chi connectivity index (χ0v) is 7.19. The maximum absolute atomic E-state index is 5.73. The summed E-state index contributed by atoms with van der Waals surface area (Å²) in [5, 5.41) is 0.850. The van der Waals surface area contributed by atoms with Crippen LogP contribution in [0.3, 0.4) is 0 Å². The van der Waals surface area contributed by atoms with Gasteiger partial charge in [-0.25, -0.2) is 4.98 Å². The Morgan fingerprint density at radius 1 is 1.38 bits per heavy atom. The fraction of sp³-hybridized carbons (Fsp3) is 0.111. The number of aromatic nitrogens is 2. The highest BCUT2D eigenvalue weighted by Gasteiger charge is 1.99. The van der Waals surface area contributed by atoms with E-state index in [1.165, 1.54) is 7.11 Å². The van der Waals surface area contributed by atoms with Crippen LogP contribution in [0.15, 0.2) is 24.4 Å². The van der Waals surface area contributed by atoms with Gasteiger partial charge in [-0.05, 0) is 6.07 Å². The standard InChI is InChI=1S/C9H7BN2O/c1-13-9-11-5-6-7(10)3-2-4-8(6)12-9/h2-5H,1H3. The summed E-state index contributed by atoms with van der Waals surface area (Å²) >= 11 is 0. The van der Waals surface area contributed by atoms with Crippen LogP contribution in [0.2, 0.25) is 0 Å². The molecule has 3 nitrogen and oxygen atoms in total. The third-order valence-electron chi connectivity index (χ3n) is 1.82. The van der Waals surface area contributed by atoms with Gasteiger partial charge in [-0.15, -0.1) is 0 Å². The van der Waals surface area contributed by atoms with Gasteiger partial charge in [-0.1, -0.05) is 17.6 Å². The monoisotopic (exact) mass is 170 g/mol. The molecule has 0 amide bonds. The smallest absolute Gasteiger partial charge is 0.316 e. The number of nitrogens with zero attached hydrogens (tertiary/aromatic N) is 2. The molecule has 0 atom stereocenters. The first-order valence-electron chi connectivity index (χ1n) is 3.86. The molecule has 2 aromatic rings. The average molecular weight is 170 g/mol. The molecule has 0 unspecified atom stereocenters. The predicted molar refractivity (Wildman–Crippen MR) is 51.5 cm³/mol. The lowest BCUT2D eigenvalue weighted by atomic mass is 9.93. The zero-order valence-electron chi connectivity index (χ0n) is 7.19. The van der Waals surface area contributed by atoms with Crippen LogP contribution in [0.4, 0.5) is 0 Å². The number of hydrogen-bond donors (Lipinski definition) is 0. The van der Waals surface area contributed by atoms with Crippen LogP contribution in [-0.2, 0) is 0 Å². The van der Waals surface area contributed by atoms with Crippen molar-refractivity contribution >= 4 is 24.2 Å². The number of rotatable bonds is 1. The molecule has 0 aliphatic heterocycles. The third kappa shape index (κ3) is 1.35. The van der Waals surface area contributed by atoms with Crippen LogP contribution >= 0.6 is 0 Å². The minimum atomic E-state index is 0.359. The molecule has 1 aromatic heterocycles. The molecule has 1 aromatic carbocycles. The van der Waals surface area contributed by atoms with Gasteiger partial charge in [0.1, 0.15) is 7.85 Å². The van der Waals surface area contributed by atoms with E-state index in [1.807, 2.05) is 18.2 Å². The summed E-state index contributed by atoms with van der Waals surface area (Å²) in [5.74, 6) is 0. The van der Waals surface area contributed by atoms with E-state index in [1.54, 1.807) is 6.20 Å². The van der Waals surface area contributed by atoms with E-state index < -0.39 is 0 Å². The zero-order chi connectivity index (χ0) is 9.26. The van der Waals surface area contributed by atoms with Crippen LogP contribution in [-0.4, -0.2) is 24.9 Å². The van der Waals surface area contributed by atoms with Crippen molar-refractivity contribution in [1.29, 1.82) is 0 Å². The number of ether oxygens (including phenoxy) is 1. The molecule has 0 aliphatic rings. The fourth-order valence-corrected chi connectivity index (χ4v) is 1.16. The molecule has 1 heterocycles. The topological polar surface area (TPSA) is 35.0 Å². The molecule has 2 radical (unpaired) electrons. The second-order valence-corrected chi connectivity index (χ2v) is 2.64. The minimum Gasteiger partial charge on any atom is -0.467 e. The van der Waals surface area contributed by atoms with Crippen molar-refractivity contribution in [2.45, 2.75) is 0 Å². The summed E-state index contributed by atoms with van der Waals surface area (Å²) in [7, 11) is 7.26. The van der Waals surface area contributed by atoms with Gasteiger partial charge >= 0.3 is 6.01 Å². The Morgan fingerprint density at radius 3 is 3.00 bits per heavy atom. The third-order valence-corrected chi connectivity index (χ3v) is 1.82. The van der Waals surface area contributed by atoms with Gasteiger partial charge in [0.15, 0.2) is 0 Å². The molecular weight excluding hydrogens is 163 g/mol. The normalized spacial score (nSPS) is 10.2. The quantitative estimate of drug-likeness (QED) is 0.582. The molecular formula is C9H7BN2O. The molecule has 0 saturated heterocycles. The summed E-state index contributed by atoms with van der Waals surface area (Å²) in [6.45, 7) is 0. The Bertz CT molecular complexity index is 445. The second kappa shape index (κ2) is 3.05. The molecule has 4 heteroatoms. The van der Waals surface area contributed by atoms with Gasteiger partial charge < -0.3 is 4.74 Å². The van der Waals surface area contributed by atoms with Crippen molar-refractivity contribution in [3.63, 3.8) is 0 Å². The maximum atomic E-state index is 5.73. The van der Waals surface area contributed by atoms with E-state index in [4.69, 9.17) is 12.6 Å². The maximum Gasteiger partial charge on any atom is 0.316 e. The molecule has 0 bridgehead atoms. The van der Waals surface area contributed by atoms with Crippen molar-refractivity contribution in [2.75, 3.05) is 7.11 Å². The summed E-state index contributed by atoms with van der Waals surface area (Å²) in [4.78, 5) is 8.11. The minimum absolute atomic E-state index is 0.359. The highest BCUT2D eigenvalue weighted by molar-refractivity contribution is 6.38. The lowest BCUT2D eigenvalue weighted by molar-refractivity contribution is 0.382. The van der Waals surface area contributed by atoms with Crippen molar-refractivity contribution in [3.05, 3.63) is 24.4 Å². The van der Waals surface area contributed by atoms with E-state index in [0.717, 1.165) is 10.9 Å². The van der Waals surface area contributed by atoms with E-state index >= 15 is 0 Å². The molecule has 0 spiro atoms. The van der Waals surface area contributed by atoms with E-state index in [2.05, 4.69) is 9.97 Å². The summed E-state index contributed by atoms with van der Waals surface area (Å²) in [5.41, 5.74) is 1.48. The molecule has 0 N–H and O–H groups in total. The second-order valence-electron chi connectivity index (χ2n) is 2.64. The lowest BCUT2D eigenvalue weighted by Gasteiger charge is -2.02. The van der Waals surface area contributed by atoms with E-state index in [0.29, 0.717) is 11.5 Å². The number of hydrogen-bond acceptors (Lipinski definition) is 3. The molecule has 0 saturated carbocycles. The number of fused-ring (bicyclic) bond motifs is 1. The fourth-order valence-electron chi connectivity index (χ4n) is 1.16. The van der Waals surface area contributed by atoms with Gasteiger partial charge in [-0.2, -0.15) is 4.98 Å². The highest BCUT2D eigenvalue weighted by atomic mass is 16.5. The number of methoxy groups -OCH3 is 1. The van der Waals surface area contributed by atoms with Crippen LogP contribution in [0.25, 0.3) is 10.9 Å². The average Bonchev–Trinajstić information content (AvgIpc) is 2.18. The molecule has 13 heavy (non-hydrogen) atoms. The van der Waals surface area contributed by atoms with Gasteiger partial charge in [0, 0.05) is 11.6 Å². The van der Waals surface area contributed by atoms with Crippen LogP contribution in [0.1, 0.15) is 0 Å². The molecule has 62 valence electrons. The van der Waals surface area contributed by atoms with Crippen molar-refractivity contribution < 1.29 is 4.74 Å². The molecule has 0 aliphatic carbocycles. The Hall–Kier alpha value is -1.58. The number of benzene rings is 1. The largest absolute Gasteiger partial charge is 0.467 e. The van der Waals surface area contributed by atoms with Crippen molar-refractivity contribution in [3.8, 4) is 6.01 Å². The Kier molecular flexibility index (Phi) is 1.89. The van der Waals surface area contributed by atoms with Crippen LogP contribution in [0.5, 0.6) is 6.01 Å². The molecule has 0 fully saturated rings. The summed E-state index contributed by atoms with van der Waals surface area (Å²) < 4.78 is 4.90. The Labute approximate surface area is 77.2 Å². The van der Waals surface area contributed by atoms with Crippen molar-refractivity contribution in [2.24, 2.45) is 0 Å². The van der Waals surface area contributed by atoms with Crippen molar-refractivity contribution in [1.82, 2.24) is 9.97 Å². The summed E-state index contributed by atoms with van der Waals surface area (Å²) in [6, 6.07) is 5.90. The van der Waals surface area contributed by atoms with E-state index in [9.17, 15) is 0 Å². The van der Waals surface area contributed by atoms with Gasteiger partial charge in [0.05, 0.1) is 12.6 Å². The first-order valence-corrected chi connectivity index (χ1v) is 3.86. The first-order chi connectivity index (χ1) is 6.31. The predicted octanol–water partition coefficient (Wildman–Crippen LogP) is 0.432. The first kappa shape index (κ1) is 8.04. The molecule has 2 rings (SSSR count). The van der Waals surface area contributed by atoms with Gasteiger partial charge in [0.2, 0.25) is 0 Å².